The fraction of sp³-hybridized carbons (Fsp3) is 0. The summed E-state index contributed by atoms with van der Waals surface area (Å²) in [5.74, 6) is -1.02. The van der Waals surface area contributed by atoms with Crippen molar-refractivity contribution in [2.45, 2.75) is 14.7 Å². The van der Waals surface area contributed by atoms with Crippen molar-refractivity contribution in [3.8, 4) is 5.75 Å². The summed E-state index contributed by atoms with van der Waals surface area (Å²) in [7, 11) is -14.8. The van der Waals surface area contributed by atoms with Gasteiger partial charge in [0.15, 0.2) is 0 Å². The first kappa shape index (κ1) is 21.3. The summed E-state index contributed by atoms with van der Waals surface area (Å²) < 4.78 is 94.4. The van der Waals surface area contributed by atoms with Crippen molar-refractivity contribution in [2.24, 2.45) is 0 Å². The zero-order valence-corrected chi connectivity index (χ0v) is 16.2. The van der Waals surface area contributed by atoms with Gasteiger partial charge in [-0.2, -0.15) is 25.3 Å². The largest absolute Gasteiger partial charge is 0.506 e. The quantitative estimate of drug-likeness (QED) is 0.396. The summed E-state index contributed by atoms with van der Waals surface area (Å²) in [5, 5.41) is 8.76. The SMILES string of the molecule is O=S(=O)(O)c1cc(S(=O)(=O)O)c2cc(O)c(S(=O)(=O)O)cc2c1.[Na]. The van der Waals surface area contributed by atoms with Gasteiger partial charge in [0.05, 0.1) is 4.90 Å². The molecule has 0 saturated carbocycles. The van der Waals surface area contributed by atoms with Crippen molar-refractivity contribution in [3.05, 3.63) is 24.3 Å². The van der Waals surface area contributed by atoms with Crippen LogP contribution in [0.4, 0.5) is 0 Å². The van der Waals surface area contributed by atoms with Gasteiger partial charge in [0, 0.05) is 34.9 Å². The maximum atomic E-state index is 11.3. The summed E-state index contributed by atoms with van der Waals surface area (Å²) in [5.41, 5.74) is 0. The van der Waals surface area contributed by atoms with Crippen molar-refractivity contribution in [1.29, 1.82) is 0 Å². The summed E-state index contributed by atoms with van der Waals surface area (Å²) in [6, 6.07) is 2.33. The van der Waals surface area contributed by atoms with Gasteiger partial charge in [-0.3, -0.25) is 13.7 Å². The van der Waals surface area contributed by atoms with Crippen LogP contribution in [-0.4, -0.2) is 73.6 Å². The molecule has 2 aromatic carbocycles. The van der Waals surface area contributed by atoms with Gasteiger partial charge >= 0.3 is 0 Å². The van der Waals surface area contributed by atoms with E-state index in [9.17, 15) is 30.4 Å². The maximum Gasteiger partial charge on any atom is 0.298 e. The van der Waals surface area contributed by atoms with Gasteiger partial charge in [0.25, 0.3) is 30.4 Å². The molecule has 4 N–H and O–H groups in total. The van der Waals surface area contributed by atoms with E-state index in [-0.39, 0.29) is 29.6 Å². The molecule has 0 aliphatic heterocycles. The summed E-state index contributed by atoms with van der Waals surface area (Å²) >= 11 is 0. The molecular formula is C10H8NaO10S3. The van der Waals surface area contributed by atoms with E-state index in [4.69, 9.17) is 13.7 Å². The Morgan fingerprint density at radius 2 is 1.17 bits per heavy atom. The van der Waals surface area contributed by atoms with Crippen LogP contribution in [0.15, 0.2) is 39.0 Å². The van der Waals surface area contributed by atoms with E-state index in [0.717, 1.165) is 0 Å². The molecule has 1 radical (unpaired) electrons. The van der Waals surface area contributed by atoms with E-state index in [1.54, 1.807) is 0 Å². The van der Waals surface area contributed by atoms with Gasteiger partial charge in [-0.1, -0.05) is 0 Å². The average Bonchev–Trinajstić information content (AvgIpc) is 2.32. The molecule has 0 spiro atoms. The molecule has 0 atom stereocenters. The van der Waals surface area contributed by atoms with E-state index < -0.39 is 61.6 Å². The number of rotatable bonds is 3. The van der Waals surface area contributed by atoms with Crippen molar-refractivity contribution in [3.63, 3.8) is 0 Å². The van der Waals surface area contributed by atoms with Gasteiger partial charge < -0.3 is 5.11 Å². The molecule has 127 valence electrons. The second-order valence-corrected chi connectivity index (χ2v) is 8.59. The second-order valence-electron chi connectivity index (χ2n) is 4.39. The Kier molecular flexibility index (Phi) is 5.77. The minimum absolute atomic E-state index is 0. The van der Waals surface area contributed by atoms with Crippen LogP contribution in [0.3, 0.4) is 0 Å². The Bertz CT molecular complexity index is 1130. The van der Waals surface area contributed by atoms with Crippen molar-refractivity contribution >= 4 is 70.7 Å². The van der Waals surface area contributed by atoms with Crippen LogP contribution in [-0.2, 0) is 30.4 Å². The number of phenolic OH excluding ortho intramolecular Hbond substituents is 1. The molecule has 0 saturated heterocycles. The van der Waals surface area contributed by atoms with Crippen molar-refractivity contribution in [2.75, 3.05) is 0 Å². The normalized spacial score (nSPS) is 12.8. The fourth-order valence-corrected chi connectivity index (χ4v) is 3.83. The third-order valence-corrected chi connectivity index (χ3v) is 5.43. The minimum atomic E-state index is -4.98. The van der Waals surface area contributed by atoms with Gasteiger partial charge in [0.2, 0.25) is 0 Å². The molecule has 0 amide bonds. The molecule has 10 nitrogen and oxygen atoms in total. The predicted molar refractivity (Wildman–Crippen MR) is 80.8 cm³/mol. The predicted octanol–water partition coefficient (Wildman–Crippen LogP) is -0.0953. The van der Waals surface area contributed by atoms with Gasteiger partial charge in [0.1, 0.15) is 15.5 Å². The third kappa shape index (κ3) is 4.25. The van der Waals surface area contributed by atoms with E-state index >= 15 is 0 Å². The molecule has 0 aliphatic rings. The Morgan fingerprint density at radius 1 is 0.667 bits per heavy atom. The average molecular weight is 407 g/mol. The molecule has 2 rings (SSSR count). The van der Waals surface area contributed by atoms with Crippen LogP contribution in [0.5, 0.6) is 5.75 Å². The Morgan fingerprint density at radius 3 is 1.58 bits per heavy atom. The number of hydrogen-bond acceptors (Lipinski definition) is 7. The van der Waals surface area contributed by atoms with Crippen LogP contribution >= 0.6 is 0 Å². The summed E-state index contributed by atoms with van der Waals surface area (Å²) in [4.78, 5) is -2.94. The van der Waals surface area contributed by atoms with Crippen LogP contribution < -0.4 is 0 Å². The Labute approximate surface area is 158 Å². The number of benzene rings is 2. The molecule has 0 fully saturated rings. The molecule has 0 bridgehead atoms. The number of aromatic hydroxyl groups is 1. The molecule has 2 aromatic rings. The first-order valence-corrected chi connectivity index (χ1v) is 9.76. The van der Waals surface area contributed by atoms with Crippen LogP contribution in [0, 0.1) is 0 Å². The summed E-state index contributed by atoms with van der Waals surface area (Å²) in [6.45, 7) is 0. The van der Waals surface area contributed by atoms with Gasteiger partial charge in [-0.15, -0.1) is 0 Å². The number of phenols is 1. The zero-order chi connectivity index (χ0) is 17.8. The summed E-state index contributed by atoms with van der Waals surface area (Å²) in [6.07, 6.45) is 0. The molecule has 0 heterocycles. The first-order valence-electron chi connectivity index (χ1n) is 5.44. The zero-order valence-electron chi connectivity index (χ0n) is 11.8. The van der Waals surface area contributed by atoms with Crippen LogP contribution in [0.25, 0.3) is 10.8 Å². The van der Waals surface area contributed by atoms with Crippen molar-refractivity contribution in [1.82, 2.24) is 0 Å². The first-order chi connectivity index (χ1) is 10.2. The molecule has 24 heavy (non-hydrogen) atoms. The molecular weight excluding hydrogens is 399 g/mol. The Balaban J connectivity index is 0.00000288. The standard InChI is InChI=1S/C10H8O10S3.Na/c11-8-4-7-5(2-10(8)23(18,19)20)1-6(21(12,13)14)3-9(7)22(15,16)17;/h1-4,11H,(H,12,13,14)(H,15,16,17)(H,18,19,20);. The van der Waals surface area contributed by atoms with Gasteiger partial charge in [-0.25, -0.2) is 0 Å². The number of hydrogen-bond donors (Lipinski definition) is 4. The third-order valence-electron chi connectivity index (χ3n) is 2.82. The van der Waals surface area contributed by atoms with E-state index in [1.807, 2.05) is 0 Å². The molecule has 14 heteroatoms. The molecule has 0 aromatic heterocycles. The maximum absolute atomic E-state index is 11.3. The van der Waals surface area contributed by atoms with E-state index in [0.29, 0.717) is 24.3 Å². The van der Waals surface area contributed by atoms with Crippen LogP contribution in [0.1, 0.15) is 0 Å². The monoisotopic (exact) mass is 407 g/mol. The second kappa shape index (κ2) is 6.51. The van der Waals surface area contributed by atoms with E-state index in [2.05, 4.69) is 0 Å². The fourth-order valence-electron chi connectivity index (χ4n) is 1.89. The smallest absolute Gasteiger partial charge is 0.298 e. The number of fused-ring (bicyclic) bond motifs is 1. The minimum Gasteiger partial charge on any atom is -0.506 e. The molecule has 0 unspecified atom stereocenters. The molecule has 0 aliphatic carbocycles. The van der Waals surface area contributed by atoms with Gasteiger partial charge in [-0.05, 0) is 29.7 Å². The van der Waals surface area contributed by atoms with Crippen LogP contribution in [0.2, 0.25) is 0 Å². The topological polar surface area (TPSA) is 183 Å². The Hall–Kier alpha value is -0.770. The van der Waals surface area contributed by atoms with Crippen molar-refractivity contribution < 1.29 is 44.0 Å². The van der Waals surface area contributed by atoms with E-state index in [1.165, 1.54) is 0 Å².